The van der Waals surface area contributed by atoms with Crippen molar-refractivity contribution >= 4 is 27.3 Å². The van der Waals surface area contributed by atoms with Crippen LogP contribution in [0.5, 0.6) is 0 Å². The summed E-state index contributed by atoms with van der Waals surface area (Å²) in [6.07, 6.45) is 5.15. The van der Waals surface area contributed by atoms with Crippen molar-refractivity contribution < 1.29 is 18.1 Å². The van der Waals surface area contributed by atoms with Gasteiger partial charge in [0.2, 0.25) is 15.9 Å². The number of hydrogen-bond donors (Lipinski definition) is 1. The number of nitrogens with one attached hydrogen (secondary N) is 1. The number of hydrogen-bond acceptors (Lipinski definition) is 6. The maximum absolute atomic E-state index is 12.8. The van der Waals surface area contributed by atoms with E-state index in [1.807, 2.05) is 0 Å². The lowest BCUT2D eigenvalue weighted by molar-refractivity contribution is -0.384. The Morgan fingerprint density at radius 1 is 1.26 bits per heavy atom. The summed E-state index contributed by atoms with van der Waals surface area (Å²) in [7, 11) is 0.496. The molecule has 1 aliphatic rings. The Hall–Kier alpha value is -2.20. The summed E-state index contributed by atoms with van der Waals surface area (Å²) in [5.41, 5.74) is -0.118. The number of nitrogens with zero attached hydrogens (tertiary/aromatic N) is 3. The number of carbonyl (C=O) groups excluding carboxylic acids is 1. The predicted octanol–water partition coefficient (Wildman–Crippen LogP) is 2.05. The van der Waals surface area contributed by atoms with E-state index in [0.717, 1.165) is 42.5 Å². The van der Waals surface area contributed by atoms with Gasteiger partial charge in [-0.15, -0.1) is 0 Å². The van der Waals surface area contributed by atoms with Gasteiger partial charge < -0.3 is 10.2 Å². The van der Waals surface area contributed by atoms with Gasteiger partial charge in [-0.3, -0.25) is 14.9 Å². The van der Waals surface area contributed by atoms with E-state index >= 15 is 0 Å². The molecule has 0 saturated heterocycles. The van der Waals surface area contributed by atoms with E-state index in [1.54, 1.807) is 11.9 Å². The summed E-state index contributed by atoms with van der Waals surface area (Å²) in [5.74, 6) is -0.283. The average Bonchev–Trinajstić information content (AvgIpc) is 2.67. The predicted molar refractivity (Wildman–Crippen MR) is 102 cm³/mol. The quantitative estimate of drug-likeness (QED) is 0.555. The van der Waals surface area contributed by atoms with Gasteiger partial charge in [0.1, 0.15) is 5.69 Å². The SMILES string of the molecule is CNc1ccc(S(=O)(=O)N(C)CC(=O)N(C)C2CCCCC2)cc1[N+](=O)[O-]. The first-order valence-electron chi connectivity index (χ1n) is 8.86. The van der Waals surface area contributed by atoms with Crippen molar-refractivity contribution in [2.24, 2.45) is 0 Å². The fraction of sp³-hybridized carbons (Fsp3) is 0.588. The summed E-state index contributed by atoms with van der Waals surface area (Å²) >= 11 is 0. The van der Waals surface area contributed by atoms with Crippen molar-refractivity contribution in [1.29, 1.82) is 0 Å². The Morgan fingerprint density at radius 3 is 2.44 bits per heavy atom. The third-order valence-corrected chi connectivity index (χ3v) is 6.82. The zero-order valence-electron chi connectivity index (χ0n) is 15.8. The molecule has 0 heterocycles. The molecule has 0 aromatic heterocycles. The Kier molecular flexibility index (Phi) is 6.77. The lowest BCUT2D eigenvalue weighted by Gasteiger charge is -2.32. The van der Waals surface area contributed by atoms with Gasteiger partial charge >= 0.3 is 0 Å². The van der Waals surface area contributed by atoms with Gasteiger partial charge in [-0.2, -0.15) is 4.31 Å². The number of amides is 1. The number of anilines is 1. The van der Waals surface area contributed by atoms with Crippen LogP contribution in [0.1, 0.15) is 32.1 Å². The van der Waals surface area contributed by atoms with Gasteiger partial charge in [-0.05, 0) is 25.0 Å². The largest absolute Gasteiger partial charge is 0.383 e. The number of nitro groups is 1. The maximum Gasteiger partial charge on any atom is 0.293 e. The highest BCUT2D eigenvalue weighted by Crippen LogP contribution is 2.28. The monoisotopic (exact) mass is 398 g/mol. The van der Waals surface area contributed by atoms with Crippen LogP contribution < -0.4 is 5.32 Å². The molecular weight excluding hydrogens is 372 g/mol. The van der Waals surface area contributed by atoms with Gasteiger partial charge in [-0.1, -0.05) is 19.3 Å². The Bertz CT molecular complexity index is 806. The molecule has 0 atom stereocenters. The normalized spacial score (nSPS) is 15.6. The third-order valence-electron chi connectivity index (χ3n) is 5.02. The highest BCUT2D eigenvalue weighted by Gasteiger charge is 2.29. The topological polar surface area (TPSA) is 113 Å². The van der Waals surface area contributed by atoms with E-state index in [2.05, 4.69) is 5.32 Å². The van der Waals surface area contributed by atoms with Crippen LogP contribution in [0.2, 0.25) is 0 Å². The summed E-state index contributed by atoms with van der Waals surface area (Å²) < 4.78 is 26.4. The second-order valence-electron chi connectivity index (χ2n) is 6.74. The molecule has 1 amide bonds. The van der Waals surface area contributed by atoms with Crippen molar-refractivity contribution in [2.45, 2.75) is 43.0 Å². The summed E-state index contributed by atoms with van der Waals surface area (Å²) in [5, 5.41) is 13.8. The van der Waals surface area contributed by atoms with Crippen LogP contribution in [0, 0.1) is 10.1 Å². The number of benzene rings is 1. The highest BCUT2D eigenvalue weighted by atomic mass is 32.2. The number of rotatable bonds is 7. The maximum atomic E-state index is 12.8. The lowest BCUT2D eigenvalue weighted by Crippen LogP contribution is -2.44. The van der Waals surface area contributed by atoms with Crippen LogP contribution in [0.4, 0.5) is 11.4 Å². The van der Waals surface area contributed by atoms with Gasteiger partial charge in [-0.25, -0.2) is 8.42 Å². The van der Waals surface area contributed by atoms with E-state index in [1.165, 1.54) is 26.2 Å². The molecule has 1 aromatic rings. The van der Waals surface area contributed by atoms with Crippen molar-refractivity contribution in [2.75, 3.05) is 33.0 Å². The molecule has 150 valence electrons. The van der Waals surface area contributed by atoms with Crippen molar-refractivity contribution in [3.8, 4) is 0 Å². The summed E-state index contributed by atoms with van der Waals surface area (Å²) in [4.78, 5) is 24.4. The number of nitro benzene ring substituents is 1. The molecule has 2 rings (SSSR count). The number of likely N-dealkylation sites (N-methyl/N-ethyl adjacent to an activating group) is 2. The highest BCUT2D eigenvalue weighted by molar-refractivity contribution is 7.89. The molecule has 1 aromatic carbocycles. The van der Waals surface area contributed by atoms with E-state index < -0.39 is 14.9 Å². The Morgan fingerprint density at radius 2 is 1.89 bits per heavy atom. The van der Waals surface area contributed by atoms with Gasteiger partial charge in [0.15, 0.2) is 0 Å². The standard InChI is InChI=1S/C17H26N4O5S/c1-18-15-10-9-14(11-16(15)21(23)24)27(25,26)19(2)12-17(22)20(3)13-7-5-4-6-8-13/h9-11,13,18H,4-8,12H2,1-3H3. The molecule has 0 aliphatic heterocycles. The Labute approximate surface area is 159 Å². The summed E-state index contributed by atoms with van der Waals surface area (Å²) in [6.45, 7) is -0.309. The first-order valence-corrected chi connectivity index (χ1v) is 10.3. The molecular formula is C17H26N4O5S. The zero-order valence-corrected chi connectivity index (χ0v) is 16.7. The molecule has 1 fully saturated rings. The minimum absolute atomic E-state index is 0.137. The molecule has 9 nitrogen and oxygen atoms in total. The number of sulfonamides is 1. The zero-order chi connectivity index (χ0) is 20.2. The molecule has 0 unspecified atom stereocenters. The molecule has 0 spiro atoms. The molecule has 1 aliphatic carbocycles. The van der Waals surface area contributed by atoms with E-state index in [-0.39, 0.29) is 34.8 Å². The first kappa shape index (κ1) is 21.1. The van der Waals surface area contributed by atoms with Crippen LogP contribution >= 0.6 is 0 Å². The van der Waals surface area contributed by atoms with Crippen molar-refractivity contribution in [3.05, 3.63) is 28.3 Å². The second kappa shape index (κ2) is 8.66. The van der Waals surface area contributed by atoms with Crippen LogP contribution in [-0.2, 0) is 14.8 Å². The fourth-order valence-corrected chi connectivity index (χ4v) is 4.41. The van der Waals surface area contributed by atoms with Crippen molar-refractivity contribution in [3.63, 3.8) is 0 Å². The van der Waals surface area contributed by atoms with Crippen molar-refractivity contribution in [1.82, 2.24) is 9.21 Å². The van der Waals surface area contributed by atoms with Crippen LogP contribution in [-0.4, -0.2) is 62.2 Å². The molecule has 0 radical (unpaired) electrons. The van der Waals surface area contributed by atoms with E-state index in [0.29, 0.717) is 0 Å². The smallest absolute Gasteiger partial charge is 0.293 e. The van der Waals surface area contributed by atoms with Gasteiger partial charge in [0, 0.05) is 33.3 Å². The minimum atomic E-state index is -4.03. The van der Waals surface area contributed by atoms with Gasteiger partial charge in [0.05, 0.1) is 16.4 Å². The fourth-order valence-electron chi connectivity index (χ4n) is 3.27. The lowest BCUT2D eigenvalue weighted by atomic mass is 9.94. The molecule has 1 N–H and O–H groups in total. The molecule has 0 bridgehead atoms. The molecule has 1 saturated carbocycles. The first-order chi connectivity index (χ1) is 12.7. The van der Waals surface area contributed by atoms with Gasteiger partial charge in [0.25, 0.3) is 5.69 Å². The number of carbonyl (C=O) groups is 1. The molecule has 27 heavy (non-hydrogen) atoms. The second-order valence-corrected chi connectivity index (χ2v) is 8.79. The van der Waals surface area contributed by atoms with E-state index in [4.69, 9.17) is 0 Å². The van der Waals surface area contributed by atoms with Crippen LogP contribution in [0.3, 0.4) is 0 Å². The van der Waals surface area contributed by atoms with Crippen LogP contribution in [0.15, 0.2) is 23.1 Å². The van der Waals surface area contributed by atoms with Crippen LogP contribution in [0.25, 0.3) is 0 Å². The minimum Gasteiger partial charge on any atom is -0.383 e. The third kappa shape index (κ3) is 4.75. The Balaban J connectivity index is 2.17. The van der Waals surface area contributed by atoms with E-state index in [9.17, 15) is 23.3 Å². The molecule has 10 heteroatoms. The summed E-state index contributed by atoms with van der Waals surface area (Å²) in [6, 6.07) is 3.78. The average molecular weight is 398 g/mol.